The molecule has 1 heterocycles. The molecule has 22 heavy (non-hydrogen) atoms. The third kappa shape index (κ3) is 3.80. The number of carbonyl (C=O) groups is 2. The van der Waals surface area contributed by atoms with E-state index in [0.717, 1.165) is 12.8 Å². The number of halogens is 1. The quantitative estimate of drug-likeness (QED) is 0.854. The van der Waals surface area contributed by atoms with Gasteiger partial charge in [-0.25, -0.2) is 0 Å². The van der Waals surface area contributed by atoms with Gasteiger partial charge in [-0.3, -0.25) is 9.59 Å². The first kappa shape index (κ1) is 16.8. The van der Waals surface area contributed by atoms with Crippen LogP contribution in [0.2, 0.25) is 5.02 Å². The SMILES string of the molecule is CCC(CC)C(=O)N1CCN(C(=O)c2ccc(Cl)cc2)CC1. The minimum absolute atomic E-state index is 0.00583. The summed E-state index contributed by atoms with van der Waals surface area (Å²) in [5.74, 6) is 0.341. The number of amides is 2. The zero-order valence-corrected chi connectivity index (χ0v) is 14.0. The molecule has 2 rings (SSSR count). The van der Waals surface area contributed by atoms with E-state index in [1.165, 1.54) is 0 Å². The van der Waals surface area contributed by atoms with E-state index in [4.69, 9.17) is 11.6 Å². The summed E-state index contributed by atoms with van der Waals surface area (Å²) in [7, 11) is 0. The highest BCUT2D eigenvalue weighted by Crippen LogP contribution is 2.16. The Morgan fingerprint density at radius 1 is 1.00 bits per heavy atom. The molecule has 1 aliphatic heterocycles. The number of piperazine rings is 1. The minimum atomic E-state index is 0.00583. The highest BCUT2D eigenvalue weighted by atomic mass is 35.5. The molecule has 0 atom stereocenters. The van der Waals surface area contributed by atoms with Crippen LogP contribution in [0.15, 0.2) is 24.3 Å². The Kier molecular flexibility index (Phi) is 5.83. The summed E-state index contributed by atoms with van der Waals surface area (Å²) in [6, 6.07) is 6.93. The smallest absolute Gasteiger partial charge is 0.253 e. The van der Waals surface area contributed by atoms with Crippen molar-refractivity contribution >= 4 is 23.4 Å². The lowest BCUT2D eigenvalue weighted by Crippen LogP contribution is -2.51. The second-order valence-electron chi connectivity index (χ2n) is 5.64. The summed E-state index contributed by atoms with van der Waals surface area (Å²) in [5.41, 5.74) is 0.643. The van der Waals surface area contributed by atoms with Crippen LogP contribution in [-0.4, -0.2) is 47.8 Å². The maximum Gasteiger partial charge on any atom is 0.253 e. The molecular formula is C17H23ClN2O2. The highest BCUT2D eigenvalue weighted by Gasteiger charge is 2.27. The molecule has 0 spiro atoms. The van der Waals surface area contributed by atoms with Crippen LogP contribution in [0, 0.1) is 5.92 Å². The van der Waals surface area contributed by atoms with Crippen LogP contribution in [0.25, 0.3) is 0 Å². The Hall–Kier alpha value is -1.55. The Labute approximate surface area is 137 Å². The number of hydrogen-bond acceptors (Lipinski definition) is 2. The largest absolute Gasteiger partial charge is 0.339 e. The fraction of sp³-hybridized carbons (Fsp3) is 0.529. The van der Waals surface area contributed by atoms with E-state index < -0.39 is 0 Å². The van der Waals surface area contributed by atoms with Crippen LogP contribution in [0.4, 0.5) is 0 Å². The molecule has 1 aliphatic rings. The number of carbonyl (C=O) groups excluding carboxylic acids is 2. The van der Waals surface area contributed by atoms with Gasteiger partial charge in [-0.15, -0.1) is 0 Å². The summed E-state index contributed by atoms with van der Waals surface area (Å²) in [4.78, 5) is 28.5. The number of benzene rings is 1. The van der Waals surface area contributed by atoms with E-state index >= 15 is 0 Å². The van der Waals surface area contributed by atoms with Crippen molar-refractivity contribution in [3.63, 3.8) is 0 Å². The van der Waals surface area contributed by atoms with Gasteiger partial charge < -0.3 is 9.80 Å². The summed E-state index contributed by atoms with van der Waals surface area (Å²) in [6.07, 6.45) is 1.75. The van der Waals surface area contributed by atoms with Crippen molar-refractivity contribution in [2.45, 2.75) is 26.7 Å². The Morgan fingerprint density at radius 3 is 2.00 bits per heavy atom. The normalized spacial score (nSPS) is 15.3. The molecule has 0 aliphatic carbocycles. The second kappa shape index (κ2) is 7.63. The monoisotopic (exact) mass is 322 g/mol. The van der Waals surface area contributed by atoms with Gasteiger partial charge in [0.05, 0.1) is 0 Å². The molecule has 1 aromatic rings. The first-order valence-corrected chi connectivity index (χ1v) is 8.28. The van der Waals surface area contributed by atoms with E-state index in [1.807, 2.05) is 18.7 Å². The zero-order valence-electron chi connectivity index (χ0n) is 13.2. The van der Waals surface area contributed by atoms with Gasteiger partial charge in [-0.2, -0.15) is 0 Å². The maximum atomic E-state index is 12.4. The fourth-order valence-corrected chi connectivity index (χ4v) is 2.93. The molecule has 5 heteroatoms. The topological polar surface area (TPSA) is 40.6 Å². The van der Waals surface area contributed by atoms with E-state index in [9.17, 15) is 9.59 Å². The van der Waals surface area contributed by atoms with Gasteiger partial charge in [-0.1, -0.05) is 25.4 Å². The van der Waals surface area contributed by atoms with Crippen LogP contribution in [0.3, 0.4) is 0 Å². The van der Waals surface area contributed by atoms with Crippen LogP contribution < -0.4 is 0 Å². The molecule has 1 fully saturated rings. The summed E-state index contributed by atoms with van der Waals surface area (Å²) in [6.45, 7) is 6.52. The van der Waals surface area contributed by atoms with Crippen LogP contribution in [0.1, 0.15) is 37.0 Å². The van der Waals surface area contributed by atoms with Crippen molar-refractivity contribution in [1.82, 2.24) is 9.80 Å². The molecule has 0 bridgehead atoms. The zero-order chi connectivity index (χ0) is 16.1. The van der Waals surface area contributed by atoms with Crippen molar-refractivity contribution in [2.75, 3.05) is 26.2 Å². The minimum Gasteiger partial charge on any atom is -0.339 e. The third-order valence-corrected chi connectivity index (χ3v) is 4.56. The summed E-state index contributed by atoms with van der Waals surface area (Å²) >= 11 is 5.84. The highest BCUT2D eigenvalue weighted by molar-refractivity contribution is 6.30. The third-order valence-electron chi connectivity index (χ3n) is 4.30. The van der Waals surface area contributed by atoms with Gasteiger partial charge >= 0.3 is 0 Å². The van der Waals surface area contributed by atoms with E-state index in [0.29, 0.717) is 36.8 Å². The maximum absolute atomic E-state index is 12.4. The van der Waals surface area contributed by atoms with Gasteiger partial charge in [0.1, 0.15) is 0 Å². The van der Waals surface area contributed by atoms with Crippen molar-refractivity contribution in [2.24, 2.45) is 5.92 Å². The average Bonchev–Trinajstić information content (AvgIpc) is 2.56. The van der Waals surface area contributed by atoms with Crippen LogP contribution in [0.5, 0.6) is 0 Å². The Morgan fingerprint density at radius 2 is 1.50 bits per heavy atom. The molecule has 1 aromatic carbocycles. The van der Waals surface area contributed by atoms with Crippen molar-refractivity contribution in [3.05, 3.63) is 34.9 Å². The van der Waals surface area contributed by atoms with Gasteiger partial charge in [0.2, 0.25) is 5.91 Å². The van der Waals surface area contributed by atoms with E-state index in [-0.39, 0.29) is 17.7 Å². The first-order valence-electron chi connectivity index (χ1n) is 7.90. The number of hydrogen-bond donors (Lipinski definition) is 0. The molecule has 0 radical (unpaired) electrons. The van der Waals surface area contributed by atoms with Crippen LogP contribution >= 0.6 is 11.6 Å². The predicted molar refractivity (Wildman–Crippen MR) is 88.0 cm³/mol. The molecule has 4 nitrogen and oxygen atoms in total. The first-order chi connectivity index (χ1) is 10.6. The molecule has 0 unspecified atom stereocenters. The lowest BCUT2D eigenvalue weighted by molar-refractivity contribution is -0.137. The van der Waals surface area contributed by atoms with Crippen molar-refractivity contribution in [1.29, 1.82) is 0 Å². The van der Waals surface area contributed by atoms with Crippen molar-refractivity contribution < 1.29 is 9.59 Å². The van der Waals surface area contributed by atoms with Gasteiger partial charge in [0.25, 0.3) is 5.91 Å². The number of nitrogens with zero attached hydrogens (tertiary/aromatic N) is 2. The Bertz CT molecular complexity index is 518. The molecule has 2 amide bonds. The number of rotatable bonds is 4. The summed E-state index contributed by atoms with van der Waals surface area (Å²) in [5, 5.41) is 0.622. The van der Waals surface area contributed by atoms with E-state index in [1.54, 1.807) is 29.2 Å². The average molecular weight is 323 g/mol. The lowest BCUT2D eigenvalue weighted by Gasteiger charge is -2.36. The van der Waals surface area contributed by atoms with Gasteiger partial charge in [0.15, 0.2) is 0 Å². The molecule has 1 saturated heterocycles. The van der Waals surface area contributed by atoms with Crippen molar-refractivity contribution in [3.8, 4) is 0 Å². The van der Waals surface area contributed by atoms with Crippen LogP contribution in [-0.2, 0) is 4.79 Å². The molecule has 120 valence electrons. The molecule has 0 saturated carbocycles. The van der Waals surface area contributed by atoms with Gasteiger partial charge in [-0.05, 0) is 37.1 Å². The fourth-order valence-electron chi connectivity index (χ4n) is 2.80. The molecule has 0 aromatic heterocycles. The molecule has 0 N–H and O–H groups in total. The lowest BCUT2D eigenvalue weighted by atomic mass is 10.0. The predicted octanol–water partition coefficient (Wildman–Crippen LogP) is 3.06. The standard InChI is InChI=1S/C17H23ClN2O2/c1-3-13(4-2)16(21)19-9-11-20(12-10-19)17(22)14-5-7-15(18)8-6-14/h5-8,13H,3-4,9-12H2,1-2H3. The van der Waals surface area contributed by atoms with Gasteiger partial charge in [0, 0.05) is 42.7 Å². The van der Waals surface area contributed by atoms with E-state index in [2.05, 4.69) is 0 Å². The molecular weight excluding hydrogens is 300 g/mol. The Balaban J connectivity index is 1.93. The summed E-state index contributed by atoms with van der Waals surface area (Å²) < 4.78 is 0. The second-order valence-corrected chi connectivity index (χ2v) is 6.07.